The predicted octanol–water partition coefficient (Wildman–Crippen LogP) is -4.94. The first-order valence-electron chi connectivity index (χ1n) is 8.95. The lowest BCUT2D eigenvalue weighted by atomic mass is 10.1. The number of carbonyl (C=O) groups is 7. The first-order chi connectivity index (χ1) is 14.6. The summed E-state index contributed by atoms with van der Waals surface area (Å²) in [6, 6.07) is -7.04. The Balaban J connectivity index is 5.47. The molecule has 0 bridgehead atoms. The topological polar surface area (TPSA) is 289 Å². The summed E-state index contributed by atoms with van der Waals surface area (Å²) in [6.07, 6.45) is -4.23. The number of amides is 4. The molecule has 16 nitrogen and oxygen atoms in total. The molecule has 0 saturated carbocycles. The first kappa shape index (κ1) is 28.2. The summed E-state index contributed by atoms with van der Waals surface area (Å²) in [4.78, 5) is 80.4. The minimum Gasteiger partial charge on any atom is -0.481 e. The van der Waals surface area contributed by atoms with Gasteiger partial charge in [-0.3, -0.25) is 28.8 Å². The van der Waals surface area contributed by atoms with E-state index in [1.165, 1.54) is 0 Å². The number of nitrogens with one attached hydrogen (secondary N) is 3. The fourth-order valence-corrected chi connectivity index (χ4v) is 2.27. The van der Waals surface area contributed by atoms with E-state index >= 15 is 0 Å². The molecule has 0 fully saturated rings. The van der Waals surface area contributed by atoms with Crippen LogP contribution in [-0.2, 0) is 33.6 Å². The van der Waals surface area contributed by atoms with Crippen molar-refractivity contribution in [3.05, 3.63) is 0 Å². The van der Waals surface area contributed by atoms with Gasteiger partial charge in [-0.05, 0) is 6.92 Å². The van der Waals surface area contributed by atoms with Crippen LogP contribution in [-0.4, -0.2) is 92.2 Å². The number of aliphatic carboxylic acids is 3. The Hall–Kier alpha value is -3.79. The average Bonchev–Trinajstić information content (AvgIpc) is 2.62. The molecule has 16 heteroatoms. The molecule has 0 aliphatic rings. The Morgan fingerprint density at radius 1 is 0.750 bits per heavy atom. The zero-order valence-corrected chi connectivity index (χ0v) is 16.8. The van der Waals surface area contributed by atoms with Crippen molar-refractivity contribution in [2.45, 2.75) is 56.5 Å². The van der Waals surface area contributed by atoms with E-state index in [9.17, 15) is 38.7 Å². The van der Waals surface area contributed by atoms with Crippen molar-refractivity contribution in [2.24, 2.45) is 11.5 Å². The van der Waals surface area contributed by atoms with Gasteiger partial charge < -0.3 is 47.8 Å². The largest absolute Gasteiger partial charge is 0.481 e. The second kappa shape index (κ2) is 12.8. The summed E-state index contributed by atoms with van der Waals surface area (Å²) in [5.74, 6) is -9.38. The van der Waals surface area contributed by atoms with Crippen LogP contribution in [0.3, 0.4) is 0 Å². The maximum absolute atomic E-state index is 12.5. The van der Waals surface area contributed by atoms with Gasteiger partial charge in [0.2, 0.25) is 23.6 Å². The van der Waals surface area contributed by atoms with Crippen LogP contribution in [0.2, 0.25) is 0 Å². The minimum absolute atomic E-state index is 0.605. The Kier molecular flexibility index (Phi) is 11.3. The minimum atomic E-state index is -1.89. The second-order valence-electron chi connectivity index (χ2n) is 6.66. The Labute approximate surface area is 180 Å². The van der Waals surface area contributed by atoms with Crippen LogP contribution in [0.4, 0.5) is 0 Å². The summed E-state index contributed by atoms with van der Waals surface area (Å²) in [5.41, 5.74) is 10.3. The monoisotopic (exact) mass is 463 g/mol. The highest BCUT2D eigenvalue weighted by atomic mass is 16.4. The zero-order valence-electron chi connectivity index (χ0n) is 16.8. The smallest absolute Gasteiger partial charge is 0.326 e. The number of carboxylic acid groups (broad SMARTS) is 3. The first-order valence-corrected chi connectivity index (χ1v) is 8.95. The van der Waals surface area contributed by atoms with Gasteiger partial charge in [0.1, 0.15) is 18.1 Å². The van der Waals surface area contributed by atoms with Crippen LogP contribution >= 0.6 is 0 Å². The van der Waals surface area contributed by atoms with E-state index in [0.29, 0.717) is 0 Å². The van der Waals surface area contributed by atoms with Crippen molar-refractivity contribution in [2.75, 3.05) is 0 Å². The molecule has 0 radical (unpaired) electrons. The van der Waals surface area contributed by atoms with E-state index in [1.54, 1.807) is 0 Å². The van der Waals surface area contributed by atoms with Crippen molar-refractivity contribution < 1.29 is 54.0 Å². The summed E-state index contributed by atoms with van der Waals surface area (Å²) >= 11 is 0. The molecule has 0 aliphatic carbocycles. The highest BCUT2D eigenvalue weighted by Crippen LogP contribution is 2.02. The molecule has 11 N–H and O–H groups in total. The second-order valence-corrected chi connectivity index (χ2v) is 6.66. The lowest BCUT2D eigenvalue weighted by Gasteiger charge is -2.25. The fourth-order valence-electron chi connectivity index (χ4n) is 2.27. The molecule has 0 aliphatic heterocycles. The van der Waals surface area contributed by atoms with Gasteiger partial charge in [-0.1, -0.05) is 0 Å². The SMILES string of the molecule is CC(O)C(NC(=O)C(CC(=O)O)NC(=O)C(N)CC(N)=O)C(=O)NC(CC(=O)O)C(=O)O. The molecule has 180 valence electrons. The summed E-state index contributed by atoms with van der Waals surface area (Å²) < 4.78 is 0. The number of primary amides is 1. The van der Waals surface area contributed by atoms with Gasteiger partial charge in [0.05, 0.1) is 31.4 Å². The normalized spacial score (nSPS) is 15.2. The number of carboxylic acids is 3. The maximum atomic E-state index is 12.5. The number of hydrogen-bond acceptors (Lipinski definition) is 9. The van der Waals surface area contributed by atoms with E-state index < -0.39 is 91.1 Å². The van der Waals surface area contributed by atoms with Gasteiger partial charge in [0.15, 0.2) is 0 Å². The summed E-state index contributed by atoms with van der Waals surface area (Å²) in [5, 5.41) is 42.2. The van der Waals surface area contributed by atoms with E-state index in [0.717, 1.165) is 6.92 Å². The van der Waals surface area contributed by atoms with Crippen molar-refractivity contribution in [3.8, 4) is 0 Å². The third kappa shape index (κ3) is 10.3. The highest BCUT2D eigenvalue weighted by Gasteiger charge is 2.34. The standard InChI is InChI=1S/C16H25N5O11/c1-5(22)12(15(30)20-8(16(31)32)4-11(26)27)21-14(29)7(3-10(24)25)19-13(28)6(17)2-9(18)23/h5-8,12,22H,2-4,17H2,1H3,(H2,18,23)(H,19,28)(H,20,30)(H,21,29)(H,24,25)(H,26,27)(H,31,32). The van der Waals surface area contributed by atoms with E-state index in [1.807, 2.05) is 16.0 Å². The molecular formula is C16H25N5O11. The molecule has 0 aromatic rings. The highest BCUT2D eigenvalue weighted by molar-refractivity contribution is 5.96. The molecule has 0 aromatic heterocycles. The third-order valence-electron chi connectivity index (χ3n) is 3.83. The number of aliphatic hydroxyl groups excluding tert-OH is 1. The lowest BCUT2D eigenvalue weighted by Crippen LogP contribution is -2.60. The van der Waals surface area contributed by atoms with Gasteiger partial charge in [-0.2, -0.15) is 0 Å². The molecule has 4 amide bonds. The molecular weight excluding hydrogens is 438 g/mol. The average molecular weight is 463 g/mol. The molecule has 5 atom stereocenters. The number of rotatable bonds is 14. The summed E-state index contributed by atoms with van der Waals surface area (Å²) in [7, 11) is 0. The van der Waals surface area contributed by atoms with Gasteiger partial charge >= 0.3 is 17.9 Å². The van der Waals surface area contributed by atoms with Crippen LogP contribution in [0.5, 0.6) is 0 Å². The van der Waals surface area contributed by atoms with Crippen LogP contribution in [0.25, 0.3) is 0 Å². The van der Waals surface area contributed by atoms with E-state index in [4.69, 9.17) is 26.8 Å². The molecule has 0 heterocycles. The lowest BCUT2D eigenvalue weighted by molar-refractivity contribution is -0.148. The van der Waals surface area contributed by atoms with Crippen molar-refractivity contribution in [1.29, 1.82) is 0 Å². The molecule has 0 saturated heterocycles. The Morgan fingerprint density at radius 3 is 1.62 bits per heavy atom. The summed E-state index contributed by atoms with van der Waals surface area (Å²) in [6.45, 7) is 1.03. The fraction of sp³-hybridized carbons (Fsp3) is 0.562. The number of nitrogens with two attached hydrogens (primary N) is 2. The van der Waals surface area contributed by atoms with Crippen LogP contribution in [0.15, 0.2) is 0 Å². The number of carbonyl (C=O) groups excluding carboxylic acids is 4. The Bertz CT molecular complexity index is 769. The van der Waals surface area contributed by atoms with Crippen molar-refractivity contribution >= 4 is 41.5 Å². The zero-order chi connectivity index (χ0) is 25.2. The quantitative estimate of drug-likeness (QED) is 0.117. The van der Waals surface area contributed by atoms with Crippen LogP contribution < -0.4 is 27.4 Å². The van der Waals surface area contributed by atoms with Gasteiger partial charge in [0.25, 0.3) is 0 Å². The van der Waals surface area contributed by atoms with Crippen molar-refractivity contribution in [3.63, 3.8) is 0 Å². The molecule has 0 rings (SSSR count). The van der Waals surface area contributed by atoms with Crippen molar-refractivity contribution in [1.82, 2.24) is 16.0 Å². The molecule has 0 aromatic carbocycles. The molecule has 0 spiro atoms. The van der Waals surface area contributed by atoms with E-state index in [-0.39, 0.29) is 0 Å². The molecule has 5 unspecified atom stereocenters. The third-order valence-corrected chi connectivity index (χ3v) is 3.83. The molecule has 32 heavy (non-hydrogen) atoms. The number of hydrogen-bond donors (Lipinski definition) is 9. The van der Waals surface area contributed by atoms with Gasteiger partial charge in [-0.25, -0.2) is 4.79 Å². The van der Waals surface area contributed by atoms with Crippen LogP contribution in [0.1, 0.15) is 26.2 Å². The van der Waals surface area contributed by atoms with Crippen LogP contribution in [0, 0.1) is 0 Å². The Morgan fingerprint density at radius 2 is 1.22 bits per heavy atom. The number of aliphatic hydroxyl groups is 1. The predicted molar refractivity (Wildman–Crippen MR) is 101 cm³/mol. The van der Waals surface area contributed by atoms with Gasteiger partial charge in [0, 0.05) is 0 Å². The maximum Gasteiger partial charge on any atom is 0.326 e. The van der Waals surface area contributed by atoms with E-state index in [2.05, 4.69) is 0 Å². The van der Waals surface area contributed by atoms with Gasteiger partial charge in [-0.15, -0.1) is 0 Å².